The van der Waals surface area contributed by atoms with Crippen molar-refractivity contribution in [2.75, 3.05) is 26.6 Å². The number of ether oxygens (including phenoxy) is 3. The van der Waals surface area contributed by atoms with Crippen molar-refractivity contribution in [3.8, 4) is 17.2 Å². The van der Waals surface area contributed by atoms with Crippen LogP contribution in [0.15, 0.2) is 41.4 Å². The average Bonchev–Trinajstić information content (AvgIpc) is 2.65. The van der Waals surface area contributed by atoms with Gasteiger partial charge < -0.3 is 25.3 Å². The summed E-state index contributed by atoms with van der Waals surface area (Å²) in [4.78, 5) is 3.99. The second-order valence-electron chi connectivity index (χ2n) is 5.42. The Bertz CT molecular complexity index is 823. The lowest BCUT2D eigenvalue weighted by atomic mass is 10.1. The number of rotatable bonds is 6. The van der Waals surface area contributed by atoms with Gasteiger partial charge in [0.2, 0.25) is 0 Å². The summed E-state index contributed by atoms with van der Waals surface area (Å²) in [5.41, 5.74) is 5.52. The van der Waals surface area contributed by atoms with Crippen LogP contribution < -0.4 is 25.3 Å². The molecule has 0 aliphatic carbocycles. The maximum absolute atomic E-state index is 13.2. The van der Waals surface area contributed by atoms with Crippen LogP contribution in [0.4, 0.5) is 18.9 Å². The van der Waals surface area contributed by atoms with Gasteiger partial charge in [-0.3, -0.25) is 0 Å². The van der Waals surface area contributed by atoms with E-state index in [2.05, 4.69) is 10.3 Å². The van der Waals surface area contributed by atoms with Gasteiger partial charge in [0.1, 0.15) is 5.75 Å². The predicted molar refractivity (Wildman–Crippen MR) is 96.5 cm³/mol. The molecule has 2 aromatic carbocycles. The highest BCUT2D eigenvalue weighted by Gasteiger charge is 2.33. The molecule has 0 fully saturated rings. The van der Waals surface area contributed by atoms with Gasteiger partial charge in [-0.25, -0.2) is 4.99 Å². The number of methoxy groups -OCH3 is 3. The third-order valence-electron chi connectivity index (χ3n) is 3.70. The van der Waals surface area contributed by atoms with Gasteiger partial charge in [0.15, 0.2) is 17.5 Å². The van der Waals surface area contributed by atoms with Gasteiger partial charge in [0, 0.05) is 11.8 Å². The summed E-state index contributed by atoms with van der Waals surface area (Å²) < 4.78 is 54.8. The van der Waals surface area contributed by atoms with Crippen molar-refractivity contribution in [3.05, 3.63) is 47.5 Å². The lowest BCUT2D eigenvalue weighted by Gasteiger charge is -2.14. The van der Waals surface area contributed by atoms with Crippen molar-refractivity contribution in [2.24, 2.45) is 10.7 Å². The van der Waals surface area contributed by atoms with Gasteiger partial charge in [0.05, 0.1) is 33.4 Å². The number of nitrogens with one attached hydrogen (secondary N) is 1. The molecule has 0 unspecified atom stereocenters. The first kappa shape index (κ1) is 20.2. The molecule has 2 aromatic rings. The van der Waals surface area contributed by atoms with Crippen molar-refractivity contribution in [2.45, 2.75) is 12.7 Å². The largest absolute Gasteiger partial charge is 0.497 e. The maximum Gasteiger partial charge on any atom is 0.416 e. The smallest absolute Gasteiger partial charge is 0.416 e. The highest BCUT2D eigenvalue weighted by atomic mass is 19.4. The minimum Gasteiger partial charge on any atom is -0.497 e. The van der Waals surface area contributed by atoms with Crippen LogP contribution in [0, 0.1) is 0 Å². The Morgan fingerprint density at radius 3 is 2.30 bits per heavy atom. The van der Waals surface area contributed by atoms with E-state index < -0.39 is 11.7 Å². The van der Waals surface area contributed by atoms with E-state index in [0.717, 1.165) is 6.07 Å². The molecule has 0 aliphatic rings. The summed E-state index contributed by atoms with van der Waals surface area (Å²) in [6.45, 7) is -0.245. The van der Waals surface area contributed by atoms with E-state index in [1.54, 1.807) is 18.2 Å². The summed E-state index contributed by atoms with van der Waals surface area (Å²) in [6.07, 6.45) is -4.52. The third kappa shape index (κ3) is 5.19. The molecule has 2 rings (SSSR count). The normalized spacial score (nSPS) is 11.9. The second-order valence-corrected chi connectivity index (χ2v) is 5.42. The van der Waals surface area contributed by atoms with Gasteiger partial charge in [-0.2, -0.15) is 13.2 Å². The number of guanidine groups is 1. The lowest BCUT2D eigenvalue weighted by molar-refractivity contribution is -0.138. The molecule has 27 heavy (non-hydrogen) atoms. The summed E-state index contributed by atoms with van der Waals surface area (Å²) in [5.74, 6) is 1.09. The fourth-order valence-electron chi connectivity index (χ4n) is 2.36. The number of aliphatic imine (C=N–C) groups is 1. The lowest BCUT2D eigenvalue weighted by Crippen LogP contribution is -2.23. The van der Waals surface area contributed by atoms with E-state index in [1.165, 1.54) is 33.5 Å². The Kier molecular flexibility index (Phi) is 6.38. The first-order valence-corrected chi connectivity index (χ1v) is 7.81. The second kappa shape index (κ2) is 8.52. The number of halogens is 3. The van der Waals surface area contributed by atoms with E-state index in [-0.39, 0.29) is 23.8 Å². The molecular formula is C18H20F3N3O3. The number of nitrogens with zero attached hydrogens (tertiary/aromatic N) is 1. The van der Waals surface area contributed by atoms with Crippen molar-refractivity contribution in [1.29, 1.82) is 0 Å². The summed E-state index contributed by atoms with van der Waals surface area (Å²) in [6, 6.07) is 8.67. The standard InChI is InChI=1S/C18H20F3N3O3/c1-25-13-6-4-11(14(9-13)18(19,20)21)10-23-17(22)24-12-5-7-15(26-2)16(8-12)27-3/h4-9H,10H2,1-3H3,(H3,22,23,24). The van der Waals surface area contributed by atoms with Crippen LogP contribution >= 0.6 is 0 Å². The van der Waals surface area contributed by atoms with Gasteiger partial charge in [-0.05, 0) is 29.8 Å². The molecule has 9 heteroatoms. The minimum absolute atomic E-state index is 0.0136. The average molecular weight is 383 g/mol. The topological polar surface area (TPSA) is 78.1 Å². The number of nitrogens with two attached hydrogens (primary N) is 1. The SMILES string of the molecule is COc1ccc(CN=C(N)Nc2ccc(OC)c(OC)c2)c(C(F)(F)F)c1. The van der Waals surface area contributed by atoms with E-state index >= 15 is 0 Å². The van der Waals surface area contributed by atoms with E-state index in [4.69, 9.17) is 19.9 Å². The fraction of sp³-hybridized carbons (Fsp3) is 0.278. The Labute approximate surface area is 154 Å². The molecular weight excluding hydrogens is 363 g/mol. The molecule has 0 saturated carbocycles. The molecule has 0 aliphatic heterocycles. The molecule has 0 aromatic heterocycles. The van der Waals surface area contributed by atoms with Crippen molar-refractivity contribution < 1.29 is 27.4 Å². The molecule has 6 nitrogen and oxygen atoms in total. The molecule has 0 amide bonds. The highest BCUT2D eigenvalue weighted by molar-refractivity contribution is 5.92. The summed E-state index contributed by atoms with van der Waals surface area (Å²) >= 11 is 0. The molecule has 0 heterocycles. The van der Waals surface area contributed by atoms with Gasteiger partial charge in [0.25, 0.3) is 0 Å². The Balaban J connectivity index is 2.18. The maximum atomic E-state index is 13.2. The van der Waals surface area contributed by atoms with E-state index in [1.807, 2.05) is 0 Å². The number of alkyl halides is 3. The van der Waals surface area contributed by atoms with E-state index in [9.17, 15) is 13.2 Å². The van der Waals surface area contributed by atoms with Crippen molar-refractivity contribution in [3.63, 3.8) is 0 Å². The first-order valence-electron chi connectivity index (χ1n) is 7.81. The first-order chi connectivity index (χ1) is 12.8. The van der Waals surface area contributed by atoms with Crippen molar-refractivity contribution >= 4 is 11.6 Å². The molecule has 0 atom stereocenters. The molecule has 3 N–H and O–H groups in total. The zero-order valence-corrected chi connectivity index (χ0v) is 15.1. The van der Waals surface area contributed by atoms with E-state index in [0.29, 0.717) is 17.2 Å². The van der Waals surface area contributed by atoms with Crippen LogP contribution in [0.3, 0.4) is 0 Å². The van der Waals surface area contributed by atoms with Crippen LogP contribution in [0.5, 0.6) is 17.2 Å². The minimum atomic E-state index is -4.52. The Morgan fingerprint density at radius 1 is 1.00 bits per heavy atom. The fourth-order valence-corrected chi connectivity index (χ4v) is 2.36. The zero-order valence-electron chi connectivity index (χ0n) is 15.1. The molecule has 0 spiro atoms. The van der Waals surface area contributed by atoms with Crippen LogP contribution in [0.1, 0.15) is 11.1 Å². The highest BCUT2D eigenvalue weighted by Crippen LogP contribution is 2.35. The van der Waals surface area contributed by atoms with Gasteiger partial charge in [-0.15, -0.1) is 0 Å². The monoisotopic (exact) mass is 383 g/mol. The van der Waals surface area contributed by atoms with Gasteiger partial charge in [-0.1, -0.05) is 6.07 Å². The molecule has 146 valence electrons. The summed E-state index contributed by atoms with van der Waals surface area (Å²) in [7, 11) is 4.30. The quantitative estimate of drug-likeness (QED) is 0.588. The van der Waals surface area contributed by atoms with Crippen molar-refractivity contribution in [1.82, 2.24) is 0 Å². The molecule has 0 radical (unpaired) electrons. The number of hydrogen-bond donors (Lipinski definition) is 2. The Hall–Kier alpha value is -3.10. The van der Waals surface area contributed by atoms with Gasteiger partial charge >= 0.3 is 6.18 Å². The zero-order chi connectivity index (χ0) is 20.0. The molecule has 0 bridgehead atoms. The number of hydrogen-bond acceptors (Lipinski definition) is 4. The Morgan fingerprint density at radius 2 is 1.70 bits per heavy atom. The predicted octanol–water partition coefficient (Wildman–Crippen LogP) is 3.66. The van der Waals surface area contributed by atoms with Crippen LogP contribution in [0.25, 0.3) is 0 Å². The molecule has 0 saturated heterocycles. The number of benzene rings is 2. The van der Waals surface area contributed by atoms with Crippen LogP contribution in [-0.4, -0.2) is 27.3 Å². The number of anilines is 1. The van der Waals surface area contributed by atoms with Crippen LogP contribution in [0.2, 0.25) is 0 Å². The summed E-state index contributed by atoms with van der Waals surface area (Å²) in [5, 5.41) is 2.81. The van der Waals surface area contributed by atoms with Crippen LogP contribution in [-0.2, 0) is 12.7 Å². The third-order valence-corrected chi connectivity index (χ3v) is 3.70.